The van der Waals surface area contributed by atoms with Crippen LogP contribution in [0, 0.1) is 0 Å². The number of rotatable bonds is 6. The number of benzene rings is 2. The fraction of sp³-hybridized carbons (Fsp3) is 0.333. The Kier molecular flexibility index (Phi) is 6.95. The van der Waals surface area contributed by atoms with Crippen LogP contribution in [-0.4, -0.2) is 58.0 Å². The van der Waals surface area contributed by atoms with Crippen molar-refractivity contribution in [3.63, 3.8) is 0 Å². The minimum Gasteiger partial charge on any atom is -0.421 e. The number of aryl methyl sites for hydroxylation is 1. The molecular formula is C24H23F3N4O3. The molecule has 1 aliphatic rings. The smallest absolute Gasteiger partial charge is 0.416 e. The van der Waals surface area contributed by atoms with Crippen LogP contribution in [0.3, 0.4) is 0 Å². The number of carbonyl (C=O) groups excluding carboxylic acids is 2. The second kappa shape index (κ2) is 10.1. The predicted octanol–water partition coefficient (Wildman–Crippen LogP) is 4.06. The lowest BCUT2D eigenvalue weighted by atomic mass is 10.1. The number of piperazine rings is 1. The second-order valence-corrected chi connectivity index (χ2v) is 7.97. The van der Waals surface area contributed by atoms with Gasteiger partial charge in [0, 0.05) is 50.1 Å². The first-order valence-corrected chi connectivity index (χ1v) is 10.9. The lowest BCUT2D eigenvalue weighted by Crippen LogP contribution is -2.50. The van der Waals surface area contributed by atoms with Gasteiger partial charge in [-0.3, -0.25) is 9.59 Å². The van der Waals surface area contributed by atoms with Crippen LogP contribution < -0.4 is 0 Å². The molecule has 2 heterocycles. The first-order valence-electron chi connectivity index (χ1n) is 10.9. The molecule has 0 saturated carbocycles. The van der Waals surface area contributed by atoms with Crippen molar-refractivity contribution in [2.75, 3.05) is 26.2 Å². The highest BCUT2D eigenvalue weighted by Gasteiger charge is 2.31. The van der Waals surface area contributed by atoms with E-state index in [2.05, 4.69) is 10.2 Å². The largest absolute Gasteiger partial charge is 0.421 e. The molecule has 1 aliphatic heterocycles. The molecule has 7 nitrogen and oxygen atoms in total. The Bertz CT molecular complexity index is 1120. The van der Waals surface area contributed by atoms with Gasteiger partial charge in [-0.25, -0.2) is 0 Å². The van der Waals surface area contributed by atoms with Gasteiger partial charge in [-0.2, -0.15) is 13.2 Å². The second-order valence-electron chi connectivity index (χ2n) is 7.97. The molecule has 2 aromatic carbocycles. The Balaban J connectivity index is 1.22. The molecule has 4 rings (SSSR count). The van der Waals surface area contributed by atoms with Crippen molar-refractivity contribution in [3.8, 4) is 11.5 Å². The lowest BCUT2D eigenvalue weighted by molar-refractivity contribution is -0.137. The van der Waals surface area contributed by atoms with Crippen LogP contribution in [0.25, 0.3) is 11.5 Å². The zero-order valence-electron chi connectivity index (χ0n) is 18.3. The van der Waals surface area contributed by atoms with E-state index in [-0.39, 0.29) is 17.4 Å². The number of nitrogens with zero attached hydrogens (tertiary/aromatic N) is 4. The number of hydrogen-bond donors (Lipinski definition) is 0. The molecule has 0 bridgehead atoms. The van der Waals surface area contributed by atoms with Crippen molar-refractivity contribution in [1.29, 1.82) is 0 Å². The van der Waals surface area contributed by atoms with Crippen LogP contribution in [0.5, 0.6) is 0 Å². The van der Waals surface area contributed by atoms with Gasteiger partial charge >= 0.3 is 6.18 Å². The number of carbonyl (C=O) groups is 2. The van der Waals surface area contributed by atoms with Gasteiger partial charge in [0.25, 0.3) is 5.91 Å². The van der Waals surface area contributed by atoms with E-state index in [0.29, 0.717) is 57.2 Å². The Hall–Kier alpha value is -3.69. The van der Waals surface area contributed by atoms with Gasteiger partial charge < -0.3 is 14.2 Å². The maximum absolute atomic E-state index is 12.7. The van der Waals surface area contributed by atoms with Gasteiger partial charge in [0.2, 0.25) is 17.7 Å². The van der Waals surface area contributed by atoms with E-state index in [4.69, 9.17) is 4.42 Å². The summed E-state index contributed by atoms with van der Waals surface area (Å²) in [5.41, 5.74) is 0.236. The minimum absolute atomic E-state index is 0.0237. The van der Waals surface area contributed by atoms with Gasteiger partial charge in [0.15, 0.2) is 0 Å². The van der Waals surface area contributed by atoms with Crippen molar-refractivity contribution in [1.82, 2.24) is 20.0 Å². The third-order valence-corrected chi connectivity index (χ3v) is 5.65. The highest BCUT2D eigenvalue weighted by molar-refractivity contribution is 5.94. The van der Waals surface area contributed by atoms with Gasteiger partial charge in [0.05, 0.1) is 5.56 Å². The normalized spacial score (nSPS) is 14.3. The van der Waals surface area contributed by atoms with Crippen molar-refractivity contribution in [3.05, 3.63) is 71.6 Å². The molecule has 2 amide bonds. The zero-order valence-corrected chi connectivity index (χ0v) is 18.3. The summed E-state index contributed by atoms with van der Waals surface area (Å²) in [5, 5.41) is 8.07. The molecule has 0 N–H and O–H groups in total. The van der Waals surface area contributed by atoms with Crippen LogP contribution >= 0.6 is 0 Å². The molecule has 1 aromatic heterocycles. The number of aromatic nitrogens is 2. The Labute approximate surface area is 194 Å². The number of alkyl halides is 3. The van der Waals surface area contributed by atoms with E-state index in [0.717, 1.165) is 17.7 Å². The van der Waals surface area contributed by atoms with Crippen LogP contribution in [0.1, 0.15) is 34.7 Å². The third-order valence-electron chi connectivity index (χ3n) is 5.65. The van der Waals surface area contributed by atoms with E-state index >= 15 is 0 Å². The molecule has 1 fully saturated rings. The fourth-order valence-corrected chi connectivity index (χ4v) is 3.74. The average Bonchev–Trinajstić information content (AvgIpc) is 3.33. The Morgan fingerprint density at radius 3 is 2.18 bits per heavy atom. The van der Waals surface area contributed by atoms with Crippen molar-refractivity contribution in [2.24, 2.45) is 0 Å². The van der Waals surface area contributed by atoms with E-state index in [1.54, 1.807) is 9.80 Å². The Morgan fingerprint density at radius 1 is 0.882 bits per heavy atom. The van der Waals surface area contributed by atoms with Gasteiger partial charge in [-0.05, 0) is 42.8 Å². The summed E-state index contributed by atoms with van der Waals surface area (Å²) in [5.74, 6) is 0.547. The predicted molar refractivity (Wildman–Crippen MR) is 117 cm³/mol. The summed E-state index contributed by atoms with van der Waals surface area (Å²) in [6, 6.07) is 13.6. The van der Waals surface area contributed by atoms with Gasteiger partial charge in [-0.15, -0.1) is 10.2 Å². The highest BCUT2D eigenvalue weighted by atomic mass is 19.4. The fourth-order valence-electron chi connectivity index (χ4n) is 3.74. The first kappa shape index (κ1) is 23.5. The number of halogens is 3. The molecule has 34 heavy (non-hydrogen) atoms. The quantitative estimate of drug-likeness (QED) is 0.541. The standard InChI is InChI=1S/C24H23F3N4O3/c25-24(26,27)19-11-9-18(10-12-19)23(33)31-15-13-30(14-16-31)21(32)8-4-7-20-28-29-22(34-20)17-5-2-1-3-6-17/h1-3,5-6,9-12H,4,7-8,13-16H2. The minimum atomic E-state index is -4.44. The highest BCUT2D eigenvalue weighted by Crippen LogP contribution is 2.29. The molecule has 10 heteroatoms. The molecule has 0 radical (unpaired) electrons. The lowest BCUT2D eigenvalue weighted by Gasteiger charge is -2.35. The van der Waals surface area contributed by atoms with Crippen LogP contribution in [-0.2, 0) is 17.4 Å². The topological polar surface area (TPSA) is 79.5 Å². The summed E-state index contributed by atoms with van der Waals surface area (Å²) in [6.45, 7) is 1.42. The third kappa shape index (κ3) is 5.62. The van der Waals surface area contributed by atoms with Crippen molar-refractivity contribution >= 4 is 11.8 Å². The first-order chi connectivity index (χ1) is 16.3. The van der Waals surface area contributed by atoms with Gasteiger partial charge in [-0.1, -0.05) is 18.2 Å². The van der Waals surface area contributed by atoms with Crippen molar-refractivity contribution < 1.29 is 27.2 Å². The number of amides is 2. The summed E-state index contributed by atoms with van der Waals surface area (Å²) < 4.78 is 43.8. The molecule has 0 atom stereocenters. The Morgan fingerprint density at radius 2 is 1.53 bits per heavy atom. The summed E-state index contributed by atoms with van der Waals surface area (Å²) in [6.07, 6.45) is -3.09. The molecule has 3 aromatic rings. The molecule has 178 valence electrons. The van der Waals surface area contributed by atoms with E-state index < -0.39 is 11.7 Å². The van der Waals surface area contributed by atoms with E-state index in [9.17, 15) is 22.8 Å². The summed E-state index contributed by atoms with van der Waals surface area (Å²) in [4.78, 5) is 28.4. The molecular weight excluding hydrogens is 449 g/mol. The molecule has 0 unspecified atom stereocenters. The van der Waals surface area contributed by atoms with Crippen LogP contribution in [0.4, 0.5) is 13.2 Å². The maximum atomic E-state index is 12.7. The maximum Gasteiger partial charge on any atom is 0.416 e. The molecule has 1 saturated heterocycles. The van der Waals surface area contributed by atoms with Crippen LogP contribution in [0.2, 0.25) is 0 Å². The van der Waals surface area contributed by atoms with Crippen LogP contribution in [0.15, 0.2) is 59.0 Å². The van der Waals surface area contributed by atoms with E-state index in [1.165, 1.54) is 12.1 Å². The van der Waals surface area contributed by atoms with Gasteiger partial charge in [0.1, 0.15) is 0 Å². The molecule has 0 spiro atoms. The number of hydrogen-bond acceptors (Lipinski definition) is 5. The summed E-state index contributed by atoms with van der Waals surface area (Å²) in [7, 11) is 0. The average molecular weight is 472 g/mol. The zero-order chi connectivity index (χ0) is 24.1. The summed E-state index contributed by atoms with van der Waals surface area (Å²) >= 11 is 0. The van der Waals surface area contributed by atoms with Crippen molar-refractivity contribution in [2.45, 2.75) is 25.4 Å². The SMILES string of the molecule is O=C(CCCc1nnc(-c2ccccc2)o1)N1CCN(C(=O)c2ccc(C(F)(F)F)cc2)CC1. The van der Waals surface area contributed by atoms with E-state index in [1.807, 2.05) is 30.3 Å². The molecule has 0 aliphatic carbocycles. The monoisotopic (exact) mass is 472 g/mol.